The topological polar surface area (TPSA) is 117 Å². The van der Waals surface area contributed by atoms with E-state index >= 15 is 0 Å². The number of nitrogens with zero attached hydrogens (tertiary/aromatic N) is 3. The summed E-state index contributed by atoms with van der Waals surface area (Å²) >= 11 is 0. The molecule has 122 valence electrons. The SMILES string of the molecule is CCCC1=C(C(=O)O)C(c2cccc3nonc23)c2c[nH]nc2N1. The third kappa shape index (κ3) is 2.07. The van der Waals surface area contributed by atoms with Crippen LogP contribution < -0.4 is 5.32 Å². The lowest BCUT2D eigenvalue weighted by molar-refractivity contribution is -0.133. The van der Waals surface area contributed by atoms with Gasteiger partial charge in [0.15, 0.2) is 5.82 Å². The molecule has 1 aliphatic heterocycles. The van der Waals surface area contributed by atoms with Gasteiger partial charge in [-0.3, -0.25) is 5.10 Å². The van der Waals surface area contributed by atoms with Crippen molar-refractivity contribution in [1.29, 1.82) is 0 Å². The molecule has 24 heavy (non-hydrogen) atoms. The number of benzene rings is 1. The number of rotatable bonds is 4. The molecule has 8 nitrogen and oxygen atoms in total. The number of H-pyrrole nitrogens is 1. The highest BCUT2D eigenvalue weighted by Gasteiger charge is 2.36. The lowest BCUT2D eigenvalue weighted by atomic mass is 9.81. The summed E-state index contributed by atoms with van der Waals surface area (Å²) in [6.07, 6.45) is 3.16. The number of hydrogen-bond acceptors (Lipinski definition) is 6. The van der Waals surface area contributed by atoms with Crippen molar-refractivity contribution in [3.63, 3.8) is 0 Å². The van der Waals surface area contributed by atoms with Gasteiger partial charge in [-0.15, -0.1) is 0 Å². The van der Waals surface area contributed by atoms with Crippen LogP contribution in [0.3, 0.4) is 0 Å². The van der Waals surface area contributed by atoms with Crippen LogP contribution in [-0.2, 0) is 4.79 Å². The molecule has 3 aromatic rings. The molecule has 8 heteroatoms. The second kappa shape index (κ2) is 5.48. The Morgan fingerprint density at radius 3 is 3.00 bits per heavy atom. The van der Waals surface area contributed by atoms with Gasteiger partial charge in [0.1, 0.15) is 11.0 Å². The highest BCUT2D eigenvalue weighted by molar-refractivity contribution is 5.94. The summed E-state index contributed by atoms with van der Waals surface area (Å²) in [4.78, 5) is 12.0. The van der Waals surface area contributed by atoms with E-state index in [1.807, 2.05) is 19.1 Å². The average Bonchev–Trinajstić information content (AvgIpc) is 3.21. The number of aliphatic carboxylic acids is 1. The van der Waals surface area contributed by atoms with Crippen LogP contribution in [0, 0.1) is 0 Å². The maximum Gasteiger partial charge on any atom is 0.334 e. The van der Waals surface area contributed by atoms with Gasteiger partial charge in [-0.1, -0.05) is 25.5 Å². The summed E-state index contributed by atoms with van der Waals surface area (Å²) in [6, 6.07) is 5.46. The molecule has 3 heterocycles. The minimum absolute atomic E-state index is 0.307. The fourth-order valence-electron chi connectivity index (χ4n) is 3.24. The molecule has 3 N–H and O–H groups in total. The molecule has 1 unspecified atom stereocenters. The van der Waals surface area contributed by atoms with Gasteiger partial charge in [0, 0.05) is 17.5 Å². The Kier molecular flexibility index (Phi) is 3.30. The van der Waals surface area contributed by atoms with E-state index in [0.29, 0.717) is 34.5 Å². The molecule has 0 amide bonds. The number of nitrogens with one attached hydrogen (secondary N) is 2. The Morgan fingerprint density at radius 2 is 2.21 bits per heavy atom. The van der Waals surface area contributed by atoms with Crippen molar-refractivity contribution in [2.24, 2.45) is 0 Å². The summed E-state index contributed by atoms with van der Waals surface area (Å²) in [5, 5.41) is 27.8. The van der Waals surface area contributed by atoms with E-state index in [2.05, 4.69) is 25.8 Å². The van der Waals surface area contributed by atoms with Crippen molar-refractivity contribution in [3.05, 3.63) is 46.8 Å². The van der Waals surface area contributed by atoms with Crippen molar-refractivity contribution < 1.29 is 14.5 Å². The maximum atomic E-state index is 12.0. The number of allylic oxidation sites excluding steroid dienone is 1. The average molecular weight is 325 g/mol. The number of aromatic nitrogens is 4. The van der Waals surface area contributed by atoms with Gasteiger partial charge in [0.05, 0.1) is 11.5 Å². The number of carbonyl (C=O) groups is 1. The molecule has 0 bridgehead atoms. The summed E-state index contributed by atoms with van der Waals surface area (Å²) in [5.41, 5.74) is 3.64. The Bertz CT molecular complexity index is 955. The zero-order chi connectivity index (χ0) is 16.7. The first-order valence-electron chi connectivity index (χ1n) is 7.69. The number of anilines is 1. The predicted molar refractivity (Wildman–Crippen MR) is 85.4 cm³/mol. The summed E-state index contributed by atoms with van der Waals surface area (Å²) in [7, 11) is 0. The summed E-state index contributed by atoms with van der Waals surface area (Å²) < 4.78 is 4.83. The van der Waals surface area contributed by atoms with Gasteiger partial charge in [0.2, 0.25) is 0 Å². The van der Waals surface area contributed by atoms with Crippen LogP contribution in [0.5, 0.6) is 0 Å². The smallest absolute Gasteiger partial charge is 0.334 e. The first-order valence-corrected chi connectivity index (χ1v) is 7.69. The van der Waals surface area contributed by atoms with E-state index in [-0.39, 0.29) is 0 Å². The molecule has 0 aliphatic carbocycles. The first kappa shape index (κ1) is 14.4. The van der Waals surface area contributed by atoms with Gasteiger partial charge < -0.3 is 10.4 Å². The third-order valence-electron chi connectivity index (χ3n) is 4.22. The molecule has 0 saturated heterocycles. The van der Waals surface area contributed by atoms with Crippen LogP contribution in [0.1, 0.15) is 36.8 Å². The molecular weight excluding hydrogens is 310 g/mol. The minimum Gasteiger partial charge on any atom is -0.478 e. The highest BCUT2D eigenvalue weighted by Crippen LogP contribution is 2.43. The maximum absolute atomic E-state index is 12.0. The van der Waals surface area contributed by atoms with Gasteiger partial charge in [-0.05, 0) is 28.4 Å². The van der Waals surface area contributed by atoms with Crippen LogP contribution in [0.2, 0.25) is 0 Å². The lowest BCUT2D eigenvalue weighted by Crippen LogP contribution is -2.23. The standard InChI is InChI=1S/C16H15N5O3/c1-2-4-10-13(16(22)23)12(9-7-17-19-15(9)18-10)8-5-3-6-11-14(8)21-24-20-11/h3,5-7,12H,2,4H2,1H3,(H,22,23)(H2,17,18,19). The Balaban J connectivity index is 2.00. The summed E-state index contributed by atoms with van der Waals surface area (Å²) in [5.74, 6) is -0.812. The Morgan fingerprint density at radius 1 is 1.33 bits per heavy atom. The van der Waals surface area contributed by atoms with E-state index in [4.69, 9.17) is 4.63 Å². The number of hydrogen-bond donors (Lipinski definition) is 3. The van der Waals surface area contributed by atoms with Gasteiger partial charge >= 0.3 is 5.97 Å². The second-order valence-electron chi connectivity index (χ2n) is 5.67. The molecule has 2 aromatic heterocycles. The minimum atomic E-state index is -0.962. The first-order chi connectivity index (χ1) is 11.7. The van der Waals surface area contributed by atoms with E-state index in [1.165, 1.54) is 0 Å². The quantitative estimate of drug-likeness (QED) is 0.675. The van der Waals surface area contributed by atoms with Crippen molar-refractivity contribution in [1.82, 2.24) is 20.5 Å². The van der Waals surface area contributed by atoms with Crippen LogP contribution >= 0.6 is 0 Å². The van der Waals surface area contributed by atoms with Crippen molar-refractivity contribution >= 4 is 22.8 Å². The molecule has 0 spiro atoms. The monoisotopic (exact) mass is 325 g/mol. The van der Waals surface area contributed by atoms with Gasteiger partial charge in [-0.25, -0.2) is 9.42 Å². The molecule has 1 aromatic carbocycles. The van der Waals surface area contributed by atoms with E-state index in [1.54, 1.807) is 12.3 Å². The molecule has 0 radical (unpaired) electrons. The van der Waals surface area contributed by atoms with Crippen LogP contribution in [0.25, 0.3) is 11.0 Å². The van der Waals surface area contributed by atoms with E-state index in [9.17, 15) is 9.90 Å². The normalized spacial score (nSPS) is 17.0. The molecular formula is C16H15N5O3. The zero-order valence-electron chi connectivity index (χ0n) is 12.9. The molecule has 0 saturated carbocycles. The fraction of sp³-hybridized carbons (Fsp3) is 0.250. The van der Waals surface area contributed by atoms with Crippen molar-refractivity contribution in [2.75, 3.05) is 5.32 Å². The molecule has 0 fully saturated rings. The Labute approximate surface area is 136 Å². The van der Waals surface area contributed by atoms with Gasteiger partial charge in [-0.2, -0.15) is 5.10 Å². The van der Waals surface area contributed by atoms with E-state index in [0.717, 1.165) is 17.5 Å². The Hall–Kier alpha value is -3.16. The fourth-order valence-corrected chi connectivity index (χ4v) is 3.24. The van der Waals surface area contributed by atoms with Crippen molar-refractivity contribution in [2.45, 2.75) is 25.7 Å². The predicted octanol–water partition coefficient (Wildman–Crippen LogP) is 2.64. The second-order valence-corrected chi connectivity index (χ2v) is 5.67. The molecule has 1 atom stereocenters. The van der Waals surface area contributed by atoms with E-state index < -0.39 is 11.9 Å². The zero-order valence-corrected chi connectivity index (χ0v) is 12.9. The molecule has 4 rings (SSSR count). The number of fused-ring (bicyclic) bond motifs is 2. The van der Waals surface area contributed by atoms with Gasteiger partial charge in [0.25, 0.3) is 0 Å². The largest absolute Gasteiger partial charge is 0.478 e. The lowest BCUT2D eigenvalue weighted by Gasteiger charge is -2.27. The summed E-state index contributed by atoms with van der Waals surface area (Å²) in [6.45, 7) is 2.01. The third-order valence-corrected chi connectivity index (χ3v) is 4.22. The molecule has 1 aliphatic rings. The number of carboxylic acid groups (broad SMARTS) is 1. The highest BCUT2D eigenvalue weighted by atomic mass is 16.6. The number of carboxylic acids is 1. The van der Waals surface area contributed by atoms with Crippen LogP contribution in [-0.4, -0.2) is 31.6 Å². The van der Waals surface area contributed by atoms with Crippen LogP contribution in [0.15, 0.2) is 40.3 Å². The van der Waals surface area contributed by atoms with Crippen molar-refractivity contribution in [3.8, 4) is 0 Å². The van der Waals surface area contributed by atoms with Crippen LogP contribution in [0.4, 0.5) is 5.82 Å². The number of aromatic amines is 1.